The third-order valence-corrected chi connectivity index (χ3v) is 1.89. The molecule has 0 radical (unpaired) electrons. The summed E-state index contributed by atoms with van der Waals surface area (Å²) < 4.78 is 37.2. The van der Waals surface area contributed by atoms with Crippen LogP contribution in [0.2, 0.25) is 0 Å². The fraction of sp³-hybridized carbons (Fsp3) is 0.600. The number of hydrogen-bond acceptors (Lipinski definition) is 1. The Bertz CT molecular complexity index is 302. The highest BCUT2D eigenvalue weighted by molar-refractivity contribution is 5.10. The van der Waals surface area contributed by atoms with E-state index in [-0.39, 0.29) is 0 Å². The van der Waals surface area contributed by atoms with E-state index < -0.39 is 12.7 Å². The van der Waals surface area contributed by atoms with Crippen molar-refractivity contribution in [3.63, 3.8) is 0 Å². The van der Waals surface area contributed by atoms with E-state index in [1.807, 2.05) is 13.8 Å². The number of halogens is 3. The molecule has 0 fully saturated rings. The van der Waals surface area contributed by atoms with Crippen LogP contribution in [-0.2, 0) is 13.1 Å². The van der Waals surface area contributed by atoms with Gasteiger partial charge in [-0.3, -0.25) is 0 Å². The molecular formula is C10H15F3N2. The second kappa shape index (κ2) is 4.70. The van der Waals surface area contributed by atoms with Gasteiger partial charge in [-0.25, -0.2) is 0 Å². The third kappa shape index (κ3) is 4.88. The lowest BCUT2D eigenvalue weighted by Crippen LogP contribution is -2.21. The number of nitrogens with zero attached hydrogens (tertiary/aromatic N) is 1. The standard InChI is InChI=1S/C10H15F3N2/c1-8(2)14-5-9-3-4-15(6-9)7-10(11,12)13/h3-4,6,8,14H,5,7H2,1-2H3. The van der Waals surface area contributed by atoms with Gasteiger partial charge >= 0.3 is 6.18 Å². The largest absolute Gasteiger partial charge is 0.406 e. The topological polar surface area (TPSA) is 17.0 Å². The van der Waals surface area contributed by atoms with Gasteiger partial charge in [-0.2, -0.15) is 13.2 Å². The van der Waals surface area contributed by atoms with E-state index in [0.717, 1.165) is 10.1 Å². The first-order valence-corrected chi connectivity index (χ1v) is 4.81. The van der Waals surface area contributed by atoms with Crippen LogP contribution >= 0.6 is 0 Å². The van der Waals surface area contributed by atoms with Crippen molar-refractivity contribution in [2.75, 3.05) is 0 Å². The van der Waals surface area contributed by atoms with Gasteiger partial charge in [-0.15, -0.1) is 0 Å². The first kappa shape index (κ1) is 12.1. The molecule has 5 heteroatoms. The van der Waals surface area contributed by atoms with Crippen molar-refractivity contribution in [2.24, 2.45) is 0 Å². The molecule has 0 aromatic carbocycles. The second-order valence-electron chi connectivity index (χ2n) is 3.84. The smallest absolute Gasteiger partial charge is 0.345 e. The van der Waals surface area contributed by atoms with Crippen LogP contribution in [0.3, 0.4) is 0 Å². The molecule has 0 bridgehead atoms. The van der Waals surface area contributed by atoms with E-state index in [9.17, 15) is 13.2 Å². The fourth-order valence-corrected chi connectivity index (χ4v) is 1.22. The van der Waals surface area contributed by atoms with Crippen LogP contribution in [-0.4, -0.2) is 16.8 Å². The molecule has 0 saturated carbocycles. The van der Waals surface area contributed by atoms with Gasteiger partial charge in [0.25, 0.3) is 0 Å². The van der Waals surface area contributed by atoms with Crippen molar-refractivity contribution in [3.8, 4) is 0 Å². The number of hydrogen-bond donors (Lipinski definition) is 1. The van der Waals surface area contributed by atoms with E-state index in [1.165, 1.54) is 12.4 Å². The van der Waals surface area contributed by atoms with Gasteiger partial charge in [0.1, 0.15) is 6.54 Å². The van der Waals surface area contributed by atoms with E-state index in [1.54, 1.807) is 6.07 Å². The summed E-state index contributed by atoms with van der Waals surface area (Å²) in [4.78, 5) is 0. The summed E-state index contributed by atoms with van der Waals surface area (Å²) in [7, 11) is 0. The molecule has 1 aromatic rings. The maximum absolute atomic E-state index is 12.0. The molecule has 1 aromatic heterocycles. The van der Waals surface area contributed by atoms with Crippen LogP contribution in [0.15, 0.2) is 18.5 Å². The molecule has 2 nitrogen and oxygen atoms in total. The Hall–Kier alpha value is -0.970. The van der Waals surface area contributed by atoms with Crippen LogP contribution < -0.4 is 5.32 Å². The van der Waals surface area contributed by atoms with E-state index in [4.69, 9.17) is 0 Å². The van der Waals surface area contributed by atoms with E-state index in [2.05, 4.69) is 5.32 Å². The number of rotatable bonds is 4. The van der Waals surface area contributed by atoms with E-state index >= 15 is 0 Å². The third-order valence-electron chi connectivity index (χ3n) is 1.89. The van der Waals surface area contributed by atoms with Gasteiger partial charge < -0.3 is 9.88 Å². The molecule has 0 aliphatic rings. The highest BCUT2D eigenvalue weighted by Gasteiger charge is 2.27. The predicted octanol–water partition coefficient (Wildman–Crippen LogP) is 2.55. The number of nitrogens with one attached hydrogen (secondary N) is 1. The Morgan fingerprint density at radius 3 is 2.60 bits per heavy atom. The lowest BCUT2D eigenvalue weighted by atomic mass is 10.3. The fourth-order valence-electron chi connectivity index (χ4n) is 1.22. The molecule has 0 spiro atoms. The van der Waals surface area contributed by atoms with Crippen molar-refractivity contribution in [3.05, 3.63) is 24.0 Å². The Morgan fingerprint density at radius 1 is 1.40 bits per heavy atom. The first-order valence-electron chi connectivity index (χ1n) is 4.81. The zero-order chi connectivity index (χ0) is 11.5. The minimum atomic E-state index is -4.15. The predicted molar refractivity (Wildman–Crippen MR) is 52.5 cm³/mol. The molecule has 0 aliphatic carbocycles. The van der Waals surface area contributed by atoms with Crippen molar-refractivity contribution in [2.45, 2.75) is 39.2 Å². The SMILES string of the molecule is CC(C)NCc1ccn(CC(F)(F)F)c1. The minimum absolute atomic E-state index is 0.330. The molecule has 0 aliphatic heterocycles. The zero-order valence-corrected chi connectivity index (χ0v) is 8.80. The van der Waals surface area contributed by atoms with Gasteiger partial charge in [-0.1, -0.05) is 13.8 Å². The molecule has 0 saturated heterocycles. The maximum Gasteiger partial charge on any atom is 0.406 e. The average molecular weight is 220 g/mol. The van der Waals surface area contributed by atoms with Crippen molar-refractivity contribution < 1.29 is 13.2 Å². The summed E-state index contributed by atoms with van der Waals surface area (Å²) in [5.74, 6) is 0. The Kier molecular flexibility index (Phi) is 3.79. The van der Waals surface area contributed by atoms with Crippen LogP contribution in [0.1, 0.15) is 19.4 Å². The summed E-state index contributed by atoms with van der Waals surface area (Å²) in [5.41, 5.74) is 0.868. The van der Waals surface area contributed by atoms with E-state index in [0.29, 0.717) is 12.6 Å². The molecule has 1 rings (SSSR count). The lowest BCUT2D eigenvalue weighted by Gasteiger charge is -2.07. The van der Waals surface area contributed by atoms with Crippen LogP contribution in [0.5, 0.6) is 0 Å². The van der Waals surface area contributed by atoms with Gasteiger partial charge in [0, 0.05) is 25.0 Å². The molecule has 1 N–H and O–H groups in total. The van der Waals surface area contributed by atoms with Crippen molar-refractivity contribution in [1.82, 2.24) is 9.88 Å². The summed E-state index contributed by atoms with van der Waals surface area (Å²) in [6, 6.07) is 2.03. The maximum atomic E-state index is 12.0. The molecular weight excluding hydrogens is 205 g/mol. The molecule has 86 valence electrons. The van der Waals surface area contributed by atoms with Crippen LogP contribution in [0, 0.1) is 0 Å². The second-order valence-corrected chi connectivity index (χ2v) is 3.84. The Morgan fingerprint density at radius 2 is 2.07 bits per heavy atom. The molecule has 1 heterocycles. The normalized spacial score (nSPS) is 12.4. The summed E-state index contributed by atoms with van der Waals surface area (Å²) in [5, 5.41) is 3.14. The van der Waals surface area contributed by atoms with Gasteiger partial charge in [0.2, 0.25) is 0 Å². The quantitative estimate of drug-likeness (QED) is 0.825. The van der Waals surface area contributed by atoms with Crippen LogP contribution in [0.25, 0.3) is 0 Å². The summed E-state index contributed by atoms with van der Waals surface area (Å²) in [6.07, 6.45) is -1.19. The van der Waals surface area contributed by atoms with Crippen molar-refractivity contribution >= 4 is 0 Å². The van der Waals surface area contributed by atoms with Gasteiger partial charge in [0.05, 0.1) is 0 Å². The van der Waals surface area contributed by atoms with Gasteiger partial charge in [-0.05, 0) is 11.6 Å². The van der Waals surface area contributed by atoms with Crippen LogP contribution in [0.4, 0.5) is 13.2 Å². The highest BCUT2D eigenvalue weighted by Crippen LogP contribution is 2.17. The number of aromatic nitrogens is 1. The molecule has 0 atom stereocenters. The molecule has 15 heavy (non-hydrogen) atoms. The highest BCUT2D eigenvalue weighted by atomic mass is 19.4. The Balaban J connectivity index is 2.49. The summed E-state index contributed by atoms with van der Waals surface area (Å²) >= 11 is 0. The first-order chi connectivity index (χ1) is 6.87. The average Bonchev–Trinajstić information content (AvgIpc) is 2.45. The van der Waals surface area contributed by atoms with Gasteiger partial charge in [0.15, 0.2) is 0 Å². The van der Waals surface area contributed by atoms with Crippen molar-refractivity contribution in [1.29, 1.82) is 0 Å². The number of alkyl halides is 3. The molecule has 0 amide bonds. The molecule has 0 unspecified atom stereocenters. The zero-order valence-electron chi connectivity index (χ0n) is 8.80. The minimum Gasteiger partial charge on any atom is -0.345 e. The summed E-state index contributed by atoms with van der Waals surface area (Å²) in [6.45, 7) is 3.66. The monoisotopic (exact) mass is 220 g/mol. The Labute approximate surface area is 87.1 Å². The lowest BCUT2D eigenvalue weighted by molar-refractivity contribution is -0.140.